The molecule has 4 atom stereocenters. The summed E-state index contributed by atoms with van der Waals surface area (Å²) in [7, 11) is 0. The maximum Gasteiger partial charge on any atom is 0.157 e. The van der Waals surface area contributed by atoms with Crippen LogP contribution in [0.4, 0.5) is 5.82 Å². The van der Waals surface area contributed by atoms with Crippen LogP contribution in [0.25, 0.3) is 16.9 Å². The van der Waals surface area contributed by atoms with Gasteiger partial charge in [-0.05, 0) is 37.5 Å². The van der Waals surface area contributed by atoms with Gasteiger partial charge in [-0.3, -0.25) is 0 Å². The predicted octanol–water partition coefficient (Wildman–Crippen LogP) is 2.52. The third kappa shape index (κ3) is 3.03. The second kappa shape index (κ2) is 6.40. The summed E-state index contributed by atoms with van der Waals surface area (Å²) in [6, 6.07) is 11.4. The third-order valence-electron chi connectivity index (χ3n) is 4.61. The minimum Gasteiger partial charge on any atom is -0.390 e. The normalized spacial score (nSPS) is 26.2. The van der Waals surface area contributed by atoms with Crippen LogP contribution in [0, 0.1) is 12.8 Å². The Bertz CT molecular complexity index is 913. The number of fused-ring (bicyclic) bond motifs is 1. The number of hydrogen-bond donors (Lipinski definition) is 3. The van der Waals surface area contributed by atoms with E-state index in [0.717, 1.165) is 21.5 Å². The Morgan fingerprint density at radius 3 is 2.76 bits per heavy atom. The van der Waals surface area contributed by atoms with Crippen LogP contribution >= 0.6 is 15.9 Å². The van der Waals surface area contributed by atoms with E-state index in [1.807, 2.05) is 30.3 Å². The standard InChI is InChI=1S/C18H18BrN4O2/c1-10-7-14(18(25)17(10)24)21-15-5-6-20-16-9-13(22-23(15)16)11-3-2-4-12(19)8-11/h2-6,8-10,14,17-18,21,24-25H,1,7H2/t10-,14-,17-,18+/m1/s1. The highest BCUT2D eigenvalue weighted by Gasteiger charge is 2.39. The number of halogens is 1. The second-order valence-corrected chi connectivity index (χ2v) is 7.28. The van der Waals surface area contributed by atoms with Crippen molar-refractivity contribution in [1.29, 1.82) is 0 Å². The van der Waals surface area contributed by atoms with Gasteiger partial charge in [0, 0.05) is 22.3 Å². The molecule has 1 aromatic carbocycles. The van der Waals surface area contributed by atoms with E-state index >= 15 is 0 Å². The fourth-order valence-electron chi connectivity index (χ4n) is 3.25. The maximum absolute atomic E-state index is 10.2. The fourth-order valence-corrected chi connectivity index (χ4v) is 3.65. The van der Waals surface area contributed by atoms with Crippen LogP contribution in [-0.2, 0) is 0 Å². The Hall–Kier alpha value is -1.96. The number of rotatable bonds is 3. The lowest BCUT2D eigenvalue weighted by atomic mass is 10.1. The van der Waals surface area contributed by atoms with E-state index < -0.39 is 12.2 Å². The Morgan fingerprint density at radius 2 is 2.04 bits per heavy atom. The Balaban J connectivity index is 1.69. The minimum absolute atomic E-state index is 0.195. The molecule has 0 unspecified atom stereocenters. The largest absolute Gasteiger partial charge is 0.390 e. The number of aliphatic hydroxyl groups excluding tert-OH is 2. The molecule has 1 radical (unpaired) electrons. The summed E-state index contributed by atoms with van der Waals surface area (Å²) in [5, 5.41) is 28.0. The van der Waals surface area contributed by atoms with Crippen LogP contribution in [0.3, 0.4) is 0 Å². The molecule has 2 heterocycles. The van der Waals surface area contributed by atoms with Crippen molar-refractivity contribution < 1.29 is 10.2 Å². The van der Waals surface area contributed by atoms with E-state index in [1.165, 1.54) is 0 Å². The highest BCUT2D eigenvalue weighted by atomic mass is 79.9. The van der Waals surface area contributed by atoms with Gasteiger partial charge in [-0.2, -0.15) is 9.61 Å². The first-order valence-corrected chi connectivity index (χ1v) is 8.89. The molecule has 0 amide bonds. The minimum atomic E-state index is -0.856. The van der Waals surface area contributed by atoms with Gasteiger partial charge in [0.05, 0.1) is 17.8 Å². The van der Waals surface area contributed by atoms with Crippen LogP contribution in [0.2, 0.25) is 0 Å². The lowest BCUT2D eigenvalue weighted by Crippen LogP contribution is -2.35. The van der Waals surface area contributed by atoms with Crippen LogP contribution in [0.1, 0.15) is 6.42 Å². The average Bonchev–Trinajstić information content (AvgIpc) is 3.13. The Morgan fingerprint density at radius 1 is 1.20 bits per heavy atom. The van der Waals surface area contributed by atoms with Crippen molar-refractivity contribution in [2.24, 2.45) is 5.92 Å². The van der Waals surface area contributed by atoms with Crippen molar-refractivity contribution in [3.8, 4) is 11.3 Å². The summed E-state index contributed by atoms with van der Waals surface area (Å²) in [6.07, 6.45) is 0.616. The molecule has 3 N–H and O–H groups in total. The van der Waals surface area contributed by atoms with Crippen LogP contribution in [0.5, 0.6) is 0 Å². The van der Waals surface area contributed by atoms with Crippen LogP contribution in [-0.4, -0.2) is 43.1 Å². The summed E-state index contributed by atoms with van der Waals surface area (Å²) in [5.74, 6) is 0.524. The van der Waals surface area contributed by atoms with Crippen molar-refractivity contribution in [2.75, 3.05) is 5.32 Å². The summed E-state index contributed by atoms with van der Waals surface area (Å²) in [4.78, 5) is 4.36. The lowest BCUT2D eigenvalue weighted by Gasteiger charge is -2.19. The molecule has 0 bridgehead atoms. The lowest BCUT2D eigenvalue weighted by molar-refractivity contribution is 0.0256. The van der Waals surface area contributed by atoms with E-state index in [9.17, 15) is 10.2 Å². The summed E-state index contributed by atoms with van der Waals surface area (Å²) in [5.41, 5.74) is 2.50. The molecule has 0 saturated heterocycles. The topological polar surface area (TPSA) is 82.7 Å². The molecule has 129 valence electrons. The van der Waals surface area contributed by atoms with Crippen molar-refractivity contribution in [3.63, 3.8) is 0 Å². The van der Waals surface area contributed by atoms with Crippen LogP contribution < -0.4 is 5.32 Å². The molecule has 2 aromatic heterocycles. The maximum atomic E-state index is 10.2. The molecule has 25 heavy (non-hydrogen) atoms. The second-order valence-electron chi connectivity index (χ2n) is 6.37. The summed E-state index contributed by atoms with van der Waals surface area (Å²) in [6.45, 7) is 3.89. The van der Waals surface area contributed by atoms with Crippen molar-refractivity contribution in [3.05, 3.63) is 54.0 Å². The van der Waals surface area contributed by atoms with E-state index in [1.54, 1.807) is 16.8 Å². The van der Waals surface area contributed by atoms with E-state index in [4.69, 9.17) is 0 Å². The third-order valence-corrected chi connectivity index (χ3v) is 5.11. The molecule has 3 aromatic rings. The highest BCUT2D eigenvalue weighted by Crippen LogP contribution is 2.29. The molecule has 1 saturated carbocycles. The first-order valence-electron chi connectivity index (χ1n) is 8.09. The van der Waals surface area contributed by atoms with Gasteiger partial charge in [0.25, 0.3) is 0 Å². The number of anilines is 1. The van der Waals surface area contributed by atoms with Crippen molar-refractivity contribution in [2.45, 2.75) is 24.7 Å². The molecule has 0 aliphatic heterocycles. The quantitative estimate of drug-likeness (QED) is 0.627. The number of nitrogens with zero attached hydrogens (tertiary/aromatic N) is 3. The van der Waals surface area contributed by atoms with Crippen LogP contribution in [0.15, 0.2) is 47.1 Å². The Labute approximate surface area is 153 Å². The number of aromatic nitrogens is 3. The van der Waals surface area contributed by atoms with Gasteiger partial charge >= 0.3 is 0 Å². The highest BCUT2D eigenvalue weighted by molar-refractivity contribution is 9.10. The van der Waals surface area contributed by atoms with Gasteiger partial charge in [-0.1, -0.05) is 28.1 Å². The van der Waals surface area contributed by atoms with Gasteiger partial charge < -0.3 is 15.5 Å². The SMILES string of the molecule is [CH2][C@@H]1C[C@@H](Nc2ccnc3cc(-c4cccc(Br)c4)nn23)[C@H](O)[C@@H]1O. The predicted molar refractivity (Wildman–Crippen MR) is 99.0 cm³/mol. The zero-order valence-corrected chi connectivity index (χ0v) is 15.0. The van der Waals surface area contributed by atoms with Gasteiger partial charge in [-0.25, -0.2) is 4.98 Å². The van der Waals surface area contributed by atoms with E-state index in [-0.39, 0.29) is 12.0 Å². The number of hydrogen-bond acceptors (Lipinski definition) is 5. The molecule has 7 heteroatoms. The molecule has 1 fully saturated rings. The van der Waals surface area contributed by atoms with Gasteiger partial charge in [0.15, 0.2) is 5.65 Å². The molecule has 1 aliphatic carbocycles. The van der Waals surface area contributed by atoms with Crippen molar-refractivity contribution in [1.82, 2.24) is 14.6 Å². The number of benzene rings is 1. The van der Waals surface area contributed by atoms with E-state index in [0.29, 0.717) is 12.1 Å². The fraction of sp³-hybridized carbons (Fsp3) is 0.278. The molecular weight excluding hydrogens is 384 g/mol. The van der Waals surface area contributed by atoms with Gasteiger partial charge in [0.2, 0.25) is 0 Å². The molecule has 4 rings (SSSR count). The van der Waals surface area contributed by atoms with Crippen molar-refractivity contribution >= 4 is 27.4 Å². The molecule has 0 spiro atoms. The van der Waals surface area contributed by atoms with Gasteiger partial charge in [0.1, 0.15) is 11.9 Å². The molecule has 1 aliphatic rings. The smallest absolute Gasteiger partial charge is 0.157 e. The molecular formula is C18H18BrN4O2. The first-order chi connectivity index (χ1) is 12.0. The first kappa shape index (κ1) is 16.5. The monoisotopic (exact) mass is 401 g/mol. The number of nitrogens with one attached hydrogen (secondary N) is 1. The average molecular weight is 402 g/mol. The summed E-state index contributed by atoms with van der Waals surface area (Å²) >= 11 is 3.47. The summed E-state index contributed by atoms with van der Waals surface area (Å²) < 4.78 is 2.70. The zero-order valence-electron chi connectivity index (χ0n) is 13.4. The molecule has 6 nitrogen and oxygen atoms in total. The number of aliphatic hydroxyl groups is 2. The zero-order chi connectivity index (χ0) is 17.6. The Kier molecular flexibility index (Phi) is 4.23. The van der Waals surface area contributed by atoms with Gasteiger partial charge in [-0.15, -0.1) is 0 Å². The van der Waals surface area contributed by atoms with E-state index in [2.05, 4.69) is 38.3 Å².